The van der Waals surface area contributed by atoms with Gasteiger partial charge in [-0.25, -0.2) is 0 Å². The van der Waals surface area contributed by atoms with E-state index in [-0.39, 0.29) is 50.0 Å². The van der Waals surface area contributed by atoms with Gasteiger partial charge in [-0.2, -0.15) is 0 Å². The first-order valence-corrected chi connectivity index (χ1v) is 32.7. The Morgan fingerprint density at radius 3 is 1.66 bits per heavy atom. The van der Waals surface area contributed by atoms with Gasteiger partial charge in [-0.15, -0.1) is 0 Å². The van der Waals surface area contributed by atoms with Gasteiger partial charge in [-0.1, -0.05) is 39.3 Å². The number of carboxylic acid groups (broad SMARTS) is 1. The standard InChI is InChI=1S/C63H98O31/c1-24-46(91-51-42(76)38(72)33(22-83-51)90-53-43(77)39(73)36(70)31(20-64)88-53)41(75)45(79)52(84-24)92-49-48(87-27(4)68)47(86-26(3)67)25(2)85-55(49)94-57(82)62-15-14-58(5,6)18-29(62)28-10-11-34-59(7)19-30(69)50(93-54-44(78)40(74)37(71)32(21-65)89-54)61(9,56(80)81)35(59)12-13-60(34,8)63(28,23-66)17-16-62/h10,24-25,29-55,64-66,69-79H,11-23H2,1-9H3,(H,80,81)/t24-,25+,29-,30-,31+,32+,33+,34+,35?,36-,37+,38-,39-,40-,41-,42+,43+,44+,45+,46-,47-,48-,49+,50-,51-,52-,53-,54-,55-,59+,60+,61-,62-,63-/m0/s1. The minimum Gasteiger partial charge on any atom is -0.481 e. The highest BCUT2D eigenvalue weighted by atomic mass is 16.8. The lowest BCUT2D eigenvalue weighted by Gasteiger charge is -2.71. The summed E-state index contributed by atoms with van der Waals surface area (Å²) in [6, 6.07) is 0. The monoisotopic (exact) mass is 1350 g/mol. The minimum absolute atomic E-state index is 0.00775. The zero-order valence-corrected chi connectivity index (χ0v) is 54.3. The lowest BCUT2D eigenvalue weighted by molar-refractivity contribution is -0.378. The third-order valence-electron chi connectivity index (χ3n) is 23.7. The first-order valence-electron chi connectivity index (χ1n) is 32.7. The molecule has 9 fully saturated rings. The smallest absolute Gasteiger partial charge is 0.315 e. The van der Waals surface area contributed by atoms with E-state index < -0.39 is 242 Å². The molecule has 31 nitrogen and oxygen atoms in total. The van der Waals surface area contributed by atoms with Crippen molar-refractivity contribution in [1.82, 2.24) is 0 Å². The summed E-state index contributed by atoms with van der Waals surface area (Å²) in [5, 5.41) is 164. The van der Waals surface area contributed by atoms with Gasteiger partial charge in [0.1, 0.15) is 91.6 Å². The molecule has 34 atom stereocenters. The van der Waals surface area contributed by atoms with Crippen molar-refractivity contribution in [1.29, 1.82) is 0 Å². The Kier molecular flexibility index (Phi) is 21.3. The van der Waals surface area contributed by atoms with Crippen molar-refractivity contribution in [2.45, 2.75) is 280 Å². The topological polar surface area (TPSA) is 482 Å². The fourth-order valence-corrected chi connectivity index (χ4v) is 18.5. The first-order chi connectivity index (χ1) is 44.0. The number of ether oxygens (including phenoxy) is 12. The lowest BCUT2D eigenvalue weighted by atomic mass is 9.33. The first kappa shape index (κ1) is 73.4. The van der Waals surface area contributed by atoms with Gasteiger partial charge in [-0.3, -0.25) is 19.2 Å². The second kappa shape index (κ2) is 27.3. The molecule has 94 heavy (non-hydrogen) atoms. The molecule has 15 N–H and O–H groups in total. The predicted molar refractivity (Wildman–Crippen MR) is 310 cm³/mol. The average Bonchev–Trinajstić information content (AvgIpc) is 0.669. The number of fused-ring (bicyclic) bond motifs is 7. The summed E-state index contributed by atoms with van der Waals surface area (Å²) < 4.78 is 71.5. The van der Waals surface area contributed by atoms with Crippen molar-refractivity contribution < 1.29 is 153 Å². The van der Waals surface area contributed by atoms with Gasteiger partial charge in [0.25, 0.3) is 0 Å². The maximum atomic E-state index is 15.9. The zero-order chi connectivity index (χ0) is 69.0. The Bertz CT molecular complexity index is 2750. The van der Waals surface area contributed by atoms with Crippen LogP contribution in [0.3, 0.4) is 0 Å². The summed E-state index contributed by atoms with van der Waals surface area (Å²) in [7, 11) is 0. The Balaban J connectivity index is 0.900. The molecule has 0 radical (unpaired) electrons. The quantitative estimate of drug-likeness (QED) is 0.0310. The molecule has 5 aliphatic heterocycles. The number of aliphatic hydroxyl groups excluding tert-OH is 14. The average molecular weight is 1350 g/mol. The van der Waals surface area contributed by atoms with Crippen molar-refractivity contribution >= 4 is 23.9 Å². The van der Waals surface area contributed by atoms with Gasteiger partial charge in [0, 0.05) is 19.3 Å². The Morgan fingerprint density at radius 1 is 0.543 bits per heavy atom. The maximum Gasteiger partial charge on any atom is 0.315 e. The molecule has 10 aliphatic rings. The zero-order valence-electron chi connectivity index (χ0n) is 54.3. The molecular weight excluding hydrogens is 1250 g/mol. The third kappa shape index (κ3) is 12.4. The van der Waals surface area contributed by atoms with E-state index in [1.807, 2.05) is 6.92 Å². The van der Waals surface area contributed by atoms with E-state index in [0.717, 1.165) is 19.4 Å². The van der Waals surface area contributed by atoms with Crippen molar-refractivity contribution in [2.75, 3.05) is 26.4 Å². The van der Waals surface area contributed by atoms with E-state index in [2.05, 4.69) is 26.8 Å². The van der Waals surface area contributed by atoms with Gasteiger partial charge >= 0.3 is 23.9 Å². The van der Waals surface area contributed by atoms with Crippen LogP contribution in [0.4, 0.5) is 0 Å². The summed E-state index contributed by atoms with van der Waals surface area (Å²) in [6.45, 7) is 12.3. The van der Waals surface area contributed by atoms with Crippen LogP contribution in [-0.2, 0) is 76.0 Å². The van der Waals surface area contributed by atoms with Crippen LogP contribution in [0, 0.1) is 50.2 Å². The van der Waals surface area contributed by atoms with Crippen LogP contribution in [0.15, 0.2) is 11.6 Å². The molecule has 0 amide bonds. The van der Waals surface area contributed by atoms with Crippen LogP contribution in [0.5, 0.6) is 0 Å². The van der Waals surface area contributed by atoms with Crippen LogP contribution < -0.4 is 0 Å². The van der Waals surface area contributed by atoms with E-state index in [1.165, 1.54) is 20.8 Å². The van der Waals surface area contributed by atoms with Crippen LogP contribution in [0.2, 0.25) is 0 Å². The number of allylic oxidation sites excluding steroid dienone is 1. The highest BCUT2D eigenvalue weighted by molar-refractivity contribution is 5.79. The van der Waals surface area contributed by atoms with Crippen LogP contribution in [-0.4, -0.2) is 287 Å². The number of rotatable bonds is 16. The molecule has 0 bridgehead atoms. The summed E-state index contributed by atoms with van der Waals surface area (Å²) in [4.78, 5) is 55.5. The van der Waals surface area contributed by atoms with Gasteiger partial charge < -0.3 is 133 Å². The molecule has 5 heterocycles. The molecule has 536 valence electrons. The second-order valence-electron chi connectivity index (χ2n) is 29.6. The Morgan fingerprint density at radius 2 is 1.07 bits per heavy atom. The summed E-state index contributed by atoms with van der Waals surface area (Å²) in [5.41, 5.74) is -5.47. The highest BCUT2D eigenvalue weighted by Crippen LogP contribution is 2.76. The molecule has 0 aromatic rings. The molecule has 10 rings (SSSR count). The summed E-state index contributed by atoms with van der Waals surface area (Å²) >= 11 is 0. The molecule has 0 aromatic carbocycles. The minimum atomic E-state index is -2.06. The number of hydrogen-bond donors (Lipinski definition) is 15. The molecule has 1 unspecified atom stereocenters. The largest absolute Gasteiger partial charge is 0.481 e. The highest BCUT2D eigenvalue weighted by Gasteiger charge is 2.74. The lowest BCUT2D eigenvalue weighted by Crippen LogP contribution is -2.71. The van der Waals surface area contributed by atoms with Gasteiger partial charge in [0.05, 0.1) is 55.6 Å². The second-order valence-corrected chi connectivity index (χ2v) is 29.6. The normalized spacial score (nSPS) is 51.7. The fraction of sp³-hybridized carbons (Fsp3) is 0.905. The van der Waals surface area contributed by atoms with Crippen molar-refractivity contribution in [3.05, 3.63) is 11.6 Å². The van der Waals surface area contributed by atoms with Gasteiger partial charge in [0.15, 0.2) is 43.5 Å². The summed E-state index contributed by atoms with van der Waals surface area (Å²) in [6.07, 6.45) is -38.7. The van der Waals surface area contributed by atoms with Crippen molar-refractivity contribution in [2.24, 2.45) is 50.2 Å². The summed E-state index contributed by atoms with van der Waals surface area (Å²) in [5.74, 6) is -5.43. The van der Waals surface area contributed by atoms with Gasteiger partial charge in [0.2, 0.25) is 6.29 Å². The predicted octanol–water partition coefficient (Wildman–Crippen LogP) is -3.37. The maximum absolute atomic E-state index is 15.9. The number of carbonyl (C=O) groups excluding carboxylic acids is 3. The fourth-order valence-electron chi connectivity index (χ4n) is 18.5. The number of esters is 3. The van der Waals surface area contributed by atoms with E-state index in [1.54, 1.807) is 0 Å². The Labute approximate surface area is 543 Å². The van der Waals surface area contributed by atoms with Crippen LogP contribution in [0.25, 0.3) is 0 Å². The van der Waals surface area contributed by atoms with Crippen LogP contribution in [0.1, 0.15) is 120 Å². The third-order valence-corrected chi connectivity index (χ3v) is 23.7. The Hall–Kier alpha value is -3.30. The number of hydrogen-bond acceptors (Lipinski definition) is 30. The molecular formula is C63H98O31. The molecule has 0 spiro atoms. The van der Waals surface area contributed by atoms with E-state index in [4.69, 9.17) is 56.8 Å². The van der Waals surface area contributed by atoms with Crippen LogP contribution >= 0.6 is 0 Å². The van der Waals surface area contributed by atoms with E-state index in [0.29, 0.717) is 25.7 Å². The van der Waals surface area contributed by atoms with E-state index >= 15 is 4.79 Å². The van der Waals surface area contributed by atoms with Crippen molar-refractivity contribution in [3.63, 3.8) is 0 Å². The van der Waals surface area contributed by atoms with Gasteiger partial charge in [-0.05, 0) is 113 Å². The van der Waals surface area contributed by atoms with E-state index in [9.17, 15) is 91.0 Å². The molecule has 5 aliphatic carbocycles. The van der Waals surface area contributed by atoms with Crippen molar-refractivity contribution in [3.8, 4) is 0 Å². The molecule has 0 aromatic heterocycles. The number of aliphatic hydroxyl groups is 14. The SMILES string of the molecule is CC(=O)O[C@H]1[C@@H](OC(C)=O)[C@@H](C)O[C@@H](OC(=O)[C@]23CCC(C)(C)C[C@H]2C2=CC[C@@H]4[C@@]5(C)C[C@H](O)[C@H](O[C@@H]6O[C@H](CO)[C@@H](O)[C@H](O)[C@H]6O)[C@@](C)(C(=O)O)C5CC[C@@]4(C)[C@]2(CO)CC3)[C@@H]1O[C@@H]1O[C@@H](C)[C@H](O[C@@H]2OC[C@@H](O[C@@H]3O[C@H](CO)[C@H](O)[C@H](O)[C@H]3O)[C@H](O)[C@H]2O)[C@@H](O)[C@H]1O. The number of carbonyl (C=O) groups is 4. The number of aliphatic carboxylic acids is 1. The molecule has 5 saturated heterocycles. The molecule has 4 saturated carbocycles. The molecule has 31 heteroatoms. The number of carboxylic acids is 1.